The fraction of sp³-hybridized carbons (Fsp3) is 0.379. The number of benzene rings is 2. The highest BCUT2D eigenvalue weighted by atomic mass is 16.3. The van der Waals surface area contributed by atoms with Crippen LogP contribution in [-0.4, -0.2) is 41.8 Å². The number of nitriles is 1. The van der Waals surface area contributed by atoms with E-state index in [0.29, 0.717) is 12.1 Å². The van der Waals surface area contributed by atoms with Crippen molar-refractivity contribution in [1.82, 2.24) is 9.88 Å². The maximum absolute atomic E-state index is 12.6. The molecule has 182 valence electrons. The summed E-state index contributed by atoms with van der Waals surface area (Å²) in [4.78, 5) is 15.1. The Morgan fingerprint density at radius 2 is 1.80 bits per heavy atom. The molecule has 1 aliphatic heterocycles. The first kappa shape index (κ1) is 24.6. The molecule has 3 aromatic rings. The zero-order valence-electron chi connectivity index (χ0n) is 20.8. The van der Waals surface area contributed by atoms with Crippen molar-refractivity contribution in [3.05, 3.63) is 59.8 Å². The second-order valence-electron chi connectivity index (χ2n) is 9.57. The van der Waals surface area contributed by atoms with E-state index in [1.54, 1.807) is 6.92 Å². The minimum atomic E-state index is -0.414. The van der Waals surface area contributed by atoms with Gasteiger partial charge in [0.05, 0.1) is 0 Å². The van der Waals surface area contributed by atoms with Crippen LogP contribution in [0.15, 0.2) is 54.1 Å². The highest BCUT2D eigenvalue weighted by molar-refractivity contribution is 6.04. The van der Waals surface area contributed by atoms with Gasteiger partial charge in [-0.1, -0.05) is 25.1 Å². The van der Waals surface area contributed by atoms with Crippen molar-refractivity contribution in [1.29, 1.82) is 5.26 Å². The van der Waals surface area contributed by atoms with E-state index in [9.17, 15) is 15.2 Å². The Balaban J connectivity index is 1.60. The van der Waals surface area contributed by atoms with Crippen LogP contribution in [0.4, 0.5) is 5.69 Å². The van der Waals surface area contributed by atoms with Crippen LogP contribution in [-0.2, 0) is 11.8 Å². The topological polar surface area (TPSA) is 81.3 Å². The molecule has 1 atom stereocenters. The van der Waals surface area contributed by atoms with E-state index in [1.807, 2.05) is 30.7 Å². The number of allylic oxidation sites excluding steroid dienone is 1. The molecule has 1 aliphatic rings. The lowest BCUT2D eigenvalue weighted by Gasteiger charge is -2.29. The summed E-state index contributed by atoms with van der Waals surface area (Å²) in [6.07, 6.45) is 3.85. The first-order valence-corrected chi connectivity index (χ1v) is 12.4. The molecular weight excluding hydrogens is 436 g/mol. The molecule has 4 rings (SSSR count). The van der Waals surface area contributed by atoms with E-state index in [-0.39, 0.29) is 18.1 Å². The first-order valence-electron chi connectivity index (χ1n) is 12.4. The van der Waals surface area contributed by atoms with Gasteiger partial charge in [-0.15, -0.1) is 0 Å². The lowest BCUT2D eigenvalue weighted by atomic mass is 10.0. The lowest BCUT2D eigenvalue weighted by Crippen LogP contribution is -2.30. The summed E-state index contributed by atoms with van der Waals surface area (Å²) in [5.74, 6) is -0.479. The fourth-order valence-electron chi connectivity index (χ4n) is 4.77. The van der Waals surface area contributed by atoms with Crippen LogP contribution < -0.4 is 10.2 Å². The summed E-state index contributed by atoms with van der Waals surface area (Å²) in [5.41, 5.74) is 4.94. The molecule has 2 N–H and O–H groups in total. The Bertz CT molecular complexity index is 1290. The molecule has 0 saturated carbocycles. The smallest absolute Gasteiger partial charge is 0.262 e. The molecule has 0 bridgehead atoms. The van der Waals surface area contributed by atoms with Crippen molar-refractivity contribution in [2.45, 2.75) is 33.1 Å². The number of anilines is 1. The maximum atomic E-state index is 12.6. The van der Waals surface area contributed by atoms with Crippen LogP contribution in [0.25, 0.3) is 27.6 Å². The molecule has 35 heavy (non-hydrogen) atoms. The summed E-state index contributed by atoms with van der Waals surface area (Å²) in [7, 11) is 1.96. The lowest BCUT2D eigenvalue weighted by molar-refractivity contribution is -0.117. The standard InChI is InChI=1S/C29H34N4O2/c1-20(19-34)18-31-29(35)26(17-30)21(2)27-11-12-28(32(27)3)24-8-7-23-16-25(10-9-22(23)15-24)33-13-5-4-6-14-33/h7-12,15-16,20,34H,4-6,13-14,18-19H2,1-3H3,(H,31,35)/b26-21+. The van der Waals surface area contributed by atoms with Gasteiger partial charge >= 0.3 is 0 Å². The van der Waals surface area contributed by atoms with Gasteiger partial charge in [0, 0.05) is 50.4 Å². The Hall–Kier alpha value is -3.56. The van der Waals surface area contributed by atoms with Crippen molar-refractivity contribution < 1.29 is 9.90 Å². The molecule has 1 fully saturated rings. The van der Waals surface area contributed by atoms with Crippen LogP contribution in [0.1, 0.15) is 38.8 Å². The summed E-state index contributed by atoms with van der Waals surface area (Å²) in [6, 6.07) is 19.2. The third-order valence-electron chi connectivity index (χ3n) is 6.98. The average molecular weight is 471 g/mol. The van der Waals surface area contributed by atoms with E-state index in [4.69, 9.17) is 0 Å². The van der Waals surface area contributed by atoms with Crippen LogP contribution in [0.2, 0.25) is 0 Å². The highest BCUT2D eigenvalue weighted by Crippen LogP contribution is 2.31. The zero-order chi connectivity index (χ0) is 24.9. The number of nitrogens with zero attached hydrogens (tertiary/aromatic N) is 3. The van der Waals surface area contributed by atoms with Gasteiger partial charge in [-0.05, 0) is 84.3 Å². The van der Waals surface area contributed by atoms with Gasteiger partial charge in [0.2, 0.25) is 0 Å². The summed E-state index contributed by atoms with van der Waals surface area (Å²) in [5, 5.41) is 24.0. The highest BCUT2D eigenvalue weighted by Gasteiger charge is 2.18. The third-order valence-corrected chi connectivity index (χ3v) is 6.98. The Morgan fingerprint density at radius 1 is 1.09 bits per heavy atom. The van der Waals surface area contributed by atoms with Crippen LogP contribution >= 0.6 is 0 Å². The summed E-state index contributed by atoms with van der Waals surface area (Å²) < 4.78 is 2.03. The van der Waals surface area contributed by atoms with Gasteiger partial charge in [-0.3, -0.25) is 4.79 Å². The number of aliphatic hydroxyl groups is 1. The van der Waals surface area contributed by atoms with Gasteiger partial charge in [0.25, 0.3) is 5.91 Å². The molecule has 0 spiro atoms. The predicted molar refractivity (Wildman–Crippen MR) is 142 cm³/mol. The number of carbonyl (C=O) groups is 1. The average Bonchev–Trinajstić information content (AvgIpc) is 3.28. The minimum absolute atomic E-state index is 0.0165. The molecule has 1 amide bonds. The molecule has 1 unspecified atom stereocenters. The third kappa shape index (κ3) is 5.26. The number of amides is 1. The molecule has 0 radical (unpaired) electrons. The van der Waals surface area contributed by atoms with E-state index in [2.05, 4.69) is 52.7 Å². The number of fused-ring (bicyclic) bond motifs is 1. The Kier molecular flexibility index (Phi) is 7.57. The first-order chi connectivity index (χ1) is 16.9. The van der Waals surface area contributed by atoms with Crippen LogP contribution in [0.3, 0.4) is 0 Å². The number of piperidine rings is 1. The number of aliphatic hydroxyl groups excluding tert-OH is 1. The quantitative estimate of drug-likeness (QED) is 0.381. The Morgan fingerprint density at radius 3 is 2.51 bits per heavy atom. The van der Waals surface area contributed by atoms with Gasteiger partial charge in [0.15, 0.2) is 0 Å². The van der Waals surface area contributed by atoms with Crippen LogP contribution in [0, 0.1) is 17.2 Å². The molecule has 2 heterocycles. The van der Waals surface area contributed by atoms with E-state index in [1.165, 1.54) is 35.7 Å². The van der Waals surface area contributed by atoms with E-state index >= 15 is 0 Å². The van der Waals surface area contributed by atoms with E-state index in [0.717, 1.165) is 30.0 Å². The van der Waals surface area contributed by atoms with Crippen molar-refractivity contribution in [3.63, 3.8) is 0 Å². The fourth-order valence-corrected chi connectivity index (χ4v) is 4.77. The van der Waals surface area contributed by atoms with E-state index < -0.39 is 5.91 Å². The van der Waals surface area contributed by atoms with Crippen molar-refractivity contribution >= 4 is 27.9 Å². The maximum Gasteiger partial charge on any atom is 0.262 e. The monoisotopic (exact) mass is 470 g/mol. The number of hydrogen-bond acceptors (Lipinski definition) is 4. The second kappa shape index (κ2) is 10.8. The SMILES string of the molecule is C/C(=C(/C#N)C(=O)NCC(C)CO)c1ccc(-c2ccc3cc(N4CCCCC4)ccc3c2)n1C. The summed E-state index contributed by atoms with van der Waals surface area (Å²) >= 11 is 0. The number of aromatic nitrogens is 1. The van der Waals surface area contributed by atoms with Gasteiger partial charge in [-0.2, -0.15) is 5.26 Å². The largest absolute Gasteiger partial charge is 0.396 e. The number of hydrogen-bond donors (Lipinski definition) is 2. The normalized spacial score (nSPS) is 15.5. The molecule has 6 heteroatoms. The zero-order valence-corrected chi connectivity index (χ0v) is 20.8. The molecule has 6 nitrogen and oxygen atoms in total. The van der Waals surface area contributed by atoms with Crippen molar-refractivity contribution in [2.24, 2.45) is 13.0 Å². The van der Waals surface area contributed by atoms with Crippen LogP contribution in [0.5, 0.6) is 0 Å². The number of rotatable bonds is 7. The molecule has 1 aromatic heterocycles. The number of nitrogens with one attached hydrogen (secondary N) is 1. The van der Waals surface area contributed by atoms with Gasteiger partial charge < -0.3 is 19.9 Å². The molecular formula is C29H34N4O2. The van der Waals surface area contributed by atoms with Crippen molar-refractivity contribution in [3.8, 4) is 17.3 Å². The predicted octanol–water partition coefficient (Wildman–Crippen LogP) is 4.88. The second-order valence-corrected chi connectivity index (χ2v) is 9.57. The summed E-state index contributed by atoms with van der Waals surface area (Å²) in [6.45, 7) is 6.21. The van der Waals surface area contributed by atoms with Crippen molar-refractivity contribution in [2.75, 3.05) is 31.1 Å². The van der Waals surface area contributed by atoms with Gasteiger partial charge in [-0.25, -0.2) is 0 Å². The molecule has 1 saturated heterocycles. The van der Waals surface area contributed by atoms with Gasteiger partial charge in [0.1, 0.15) is 11.6 Å². The molecule has 0 aliphatic carbocycles. The molecule has 2 aromatic carbocycles. The number of carbonyl (C=O) groups excluding carboxylic acids is 1. The Labute approximate surface area is 207 Å². The minimum Gasteiger partial charge on any atom is -0.396 e.